The van der Waals surface area contributed by atoms with Crippen LogP contribution in [-0.4, -0.2) is 24.8 Å². The second kappa shape index (κ2) is 4.20. The molecule has 1 aliphatic heterocycles. The van der Waals surface area contributed by atoms with Crippen LogP contribution in [0.1, 0.15) is 32.6 Å². The topological polar surface area (TPSA) is 35.5 Å². The highest BCUT2D eigenvalue weighted by Crippen LogP contribution is 2.54. The largest absolute Gasteiger partial charge is 0.458 e. The highest BCUT2D eigenvalue weighted by molar-refractivity contribution is 5.90. The summed E-state index contributed by atoms with van der Waals surface area (Å²) < 4.78 is 11.4. The van der Waals surface area contributed by atoms with Crippen molar-refractivity contribution in [2.45, 2.75) is 44.3 Å². The normalized spacial score (nSPS) is 45.7. The lowest BCUT2D eigenvalue weighted by Crippen LogP contribution is -2.43. The number of ether oxygens (including phenoxy) is 2. The monoisotopic (exact) mass is 262 g/mol. The quantitative estimate of drug-likeness (QED) is 0.414. The zero-order valence-electron chi connectivity index (χ0n) is 11.8. The van der Waals surface area contributed by atoms with E-state index in [1.807, 2.05) is 0 Å². The molecule has 1 saturated heterocycles. The fourth-order valence-electron chi connectivity index (χ4n) is 4.31. The smallest absolute Gasteiger partial charge is 0.334 e. The Balaban J connectivity index is 2.02. The van der Waals surface area contributed by atoms with Crippen LogP contribution in [-0.2, 0) is 14.3 Å². The molecular weight excluding hydrogens is 240 g/mol. The van der Waals surface area contributed by atoms with E-state index in [0.29, 0.717) is 11.5 Å². The molecule has 0 aromatic rings. The summed E-state index contributed by atoms with van der Waals surface area (Å²) in [5.41, 5.74) is 1.72. The van der Waals surface area contributed by atoms with E-state index in [1.54, 1.807) is 7.11 Å². The van der Waals surface area contributed by atoms with Crippen molar-refractivity contribution in [3.05, 3.63) is 24.3 Å². The van der Waals surface area contributed by atoms with Crippen molar-refractivity contribution in [2.75, 3.05) is 7.11 Å². The maximum atomic E-state index is 11.8. The number of fused-ring (bicyclic) bond motifs is 3. The molecule has 3 fully saturated rings. The third-order valence-electron chi connectivity index (χ3n) is 5.56. The summed E-state index contributed by atoms with van der Waals surface area (Å²) in [6.07, 6.45) is 3.92. The molecule has 3 aliphatic rings. The van der Waals surface area contributed by atoms with Gasteiger partial charge in [0.15, 0.2) is 0 Å². The fraction of sp³-hybridized carbons (Fsp3) is 0.688. The molecule has 0 radical (unpaired) electrons. The van der Waals surface area contributed by atoms with E-state index in [0.717, 1.165) is 25.7 Å². The third-order valence-corrected chi connectivity index (χ3v) is 5.56. The van der Waals surface area contributed by atoms with Crippen LogP contribution in [0.4, 0.5) is 0 Å². The Morgan fingerprint density at radius 2 is 2.05 bits per heavy atom. The van der Waals surface area contributed by atoms with Crippen molar-refractivity contribution in [3.63, 3.8) is 0 Å². The second-order valence-corrected chi connectivity index (χ2v) is 6.39. The average Bonchev–Trinajstić information content (AvgIpc) is 2.82. The molecule has 3 nitrogen and oxygen atoms in total. The van der Waals surface area contributed by atoms with Crippen molar-refractivity contribution in [1.29, 1.82) is 0 Å². The van der Waals surface area contributed by atoms with E-state index in [4.69, 9.17) is 9.47 Å². The number of allylic oxidation sites excluding steroid dienone is 1. The van der Waals surface area contributed by atoms with Gasteiger partial charge in [-0.3, -0.25) is 0 Å². The Morgan fingerprint density at radius 1 is 1.32 bits per heavy atom. The first-order valence-corrected chi connectivity index (χ1v) is 7.10. The highest BCUT2D eigenvalue weighted by Gasteiger charge is 2.57. The van der Waals surface area contributed by atoms with E-state index >= 15 is 0 Å². The number of hydrogen-bond acceptors (Lipinski definition) is 3. The van der Waals surface area contributed by atoms with E-state index in [-0.39, 0.29) is 29.5 Å². The number of methoxy groups -OCH3 is 1. The number of hydrogen-bond donors (Lipinski definition) is 0. The van der Waals surface area contributed by atoms with E-state index in [1.165, 1.54) is 5.57 Å². The predicted molar refractivity (Wildman–Crippen MR) is 72.5 cm³/mol. The summed E-state index contributed by atoms with van der Waals surface area (Å²) >= 11 is 0. The molecule has 0 bridgehead atoms. The summed E-state index contributed by atoms with van der Waals surface area (Å²) in [6, 6.07) is 0. The van der Waals surface area contributed by atoms with Gasteiger partial charge in [-0.15, -0.1) is 0 Å². The zero-order chi connectivity index (χ0) is 13.8. The first-order valence-electron chi connectivity index (χ1n) is 7.10. The van der Waals surface area contributed by atoms with E-state index < -0.39 is 0 Å². The molecule has 0 aromatic heterocycles. The molecule has 0 amide bonds. The Morgan fingerprint density at radius 3 is 2.74 bits per heavy atom. The van der Waals surface area contributed by atoms with Gasteiger partial charge in [-0.1, -0.05) is 18.7 Å². The summed E-state index contributed by atoms with van der Waals surface area (Å²) in [5, 5.41) is 0. The van der Waals surface area contributed by atoms with Crippen molar-refractivity contribution in [1.82, 2.24) is 0 Å². The molecule has 2 aliphatic carbocycles. The summed E-state index contributed by atoms with van der Waals surface area (Å²) in [7, 11) is 1.76. The van der Waals surface area contributed by atoms with Crippen LogP contribution in [0.3, 0.4) is 0 Å². The third kappa shape index (κ3) is 1.71. The Labute approximate surface area is 114 Å². The molecule has 0 aromatic carbocycles. The summed E-state index contributed by atoms with van der Waals surface area (Å²) in [5.74, 6) is 0.567. The minimum Gasteiger partial charge on any atom is -0.458 e. The Kier molecular flexibility index (Phi) is 2.86. The van der Waals surface area contributed by atoms with Gasteiger partial charge in [0.05, 0.1) is 5.60 Å². The maximum absolute atomic E-state index is 11.8. The summed E-state index contributed by atoms with van der Waals surface area (Å²) in [4.78, 5) is 11.8. The van der Waals surface area contributed by atoms with Gasteiger partial charge in [0.1, 0.15) is 6.10 Å². The van der Waals surface area contributed by atoms with Gasteiger partial charge in [-0.05, 0) is 38.5 Å². The molecule has 104 valence electrons. The van der Waals surface area contributed by atoms with Gasteiger partial charge < -0.3 is 9.47 Å². The first-order chi connectivity index (χ1) is 8.98. The lowest BCUT2D eigenvalue weighted by atomic mass is 9.77. The van der Waals surface area contributed by atoms with Gasteiger partial charge >= 0.3 is 5.97 Å². The van der Waals surface area contributed by atoms with Crippen molar-refractivity contribution >= 4 is 5.97 Å². The maximum Gasteiger partial charge on any atom is 0.334 e. The van der Waals surface area contributed by atoms with Gasteiger partial charge in [0.2, 0.25) is 0 Å². The molecule has 3 unspecified atom stereocenters. The Hall–Kier alpha value is -1.09. The number of carbonyl (C=O) groups is 1. The molecule has 3 heteroatoms. The SMILES string of the molecule is C=C1CC[C@H]2C(=C)C(=O)O[C@@H]2C2C1CCC2(C)OC. The van der Waals surface area contributed by atoms with Gasteiger partial charge in [0, 0.05) is 24.5 Å². The van der Waals surface area contributed by atoms with Crippen LogP contribution in [0, 0.1) is 17.8 Å². The number of carbonyl (C=O) groups excluding carboxylic acids is 1. The van der Waals surface area contributed by atoms with E-state index in [2.05, 4.69) is 20.1 Å². The molecule has 0 spiro atoms. The zero-order valence-corrected chi connectivity index (χ0v) is 11.8. The molecule has 2 saturated carbocycles. The predicted octanol–water partition coefficient (Wildman–Crippen LogP) is 2.87. The molecule has 3 rings (SSSR count). The minimum atomic E-state index is -0.217. The standard InChI is InChI=1S/C16H22O3/c1-9-5-6-12-10(2)15(17)19-14(12)13-11(9)7-8-16(13,3)18-4/h11-14H,1-2,5-8H2,3-4H3/t11?,12-,13?,14-,16?/m0/s1. The van der Waals surface area contributed by atoms with Crippen molar-refractivity contribution in [2.24, 2.45) is 17.8 Å². The van der Waals surface area contributed by atoms with Gasteiger partial charge in [-0.2, -0.15) is 0 Å². The van der Waals surface area contributed by atoms with Crippen LogP contribution < -0.4 is 0 Å². The minimum absolute atomic E-state index is 0.0725. The lowest BCUT2D eigenvalue weighted by Gasteiger charge is -2.36. The molecular formula is C16H22O3. The van der Waals surface area contributed by atoms with Crippen molar-refractivity contribution < 1.29 is 14.3 Å². The van der Waals surface area contributed by atoms with Crippen LogP contribution in [0.15, 0.2) is 24.3 Å². The average molecular weight is 262 g/mol. The Bertz CT molecular complexity index is 453. The number of rotatable bonds is 1. The van der Waals surface area contributed by atoms with Crippen LogP contribution in [0.25, 0.3) is 0 Å². The van der Waals surface area contributed by atoms with E-state index in [9.17, 15) is 4.79 Å². The second-order valence-electron chi connectivity index (χ2n) is 6.39. The molecule has 1 heterocycles. The lowest BCUT2D eigenvalue weighted by molar-refractivity contribution is -0.148. The molecule has 5 atom stereocenters. The van der Waals surface area contributed by atoms with Crippen LogP contribution >= 0.6 is 0 Å². The van der Waals surface area contributed by atoms with Gasteiger partial charge in [-0.25, -0.2) is 4.79 Å². The van der Waals surface area contributed by atoms with Crippen molar-refractivity contribution in [3.8, 4) is 0 Å². The van der Waals surface area contributed by atoms with Crippen LogP contribution in [0.5, 0.6) is 0 Å². The summed E-state index contributed by atoms with van der Waals surface area (Å²) in [6.45, 7) is 10.3. The number of esters is 1. The molecule has 19 heavy (non-hydrogen) atoms. The van der Waals surface area contributed by atoms with Gasteiger partial charge in [0.25, 0.3) is 0 Å². The fourth-order valence-corrected chi connectivity index (χ4v) is 4.31. The highest BCUT2D eigenvalue weighted by atomic mass is 16.6. The van der Waals surface area contributed by atoms with Crippen LogP contribution in [0.2, 0.25) is 0 Å². The first kappa shape index (κ1) is 12.9. The molecule has 0 N–H and O–H groups in total.